The summed E-state index contributed by atoms with van der Waals surface area (Å²) in [4.78, 5) is 5.63. The number of hydrogen-bond acceptors (Lipinski definition) is 4. The Morgan fingerprint density at radius 2 is 1.78 bits per heavy atom. The van der Waals surface area contributed by atoms with E-state index < -0.39 is 10.0 Å². The zero-order chi connectivity index (χ0) is 18.9. The molecule has 0 unspecified atom stereocenters. The summed E-state index contributed by atoms with van der Waals surface area (Å²) >= 11 is 7.83. The molecule has 144 valence electrons. The van der Waals surface area contributed by atoms with E-state index in [1.165, 1.54) is 35.8 Å². The zero-order valence-electron chi connectivity index (χ0n) is 15.0. The van der Waals surface area contributed by atoms with Gasteiger partial charge in [-0.1, -0.05) is 29.8 Å². The molecule has 3 rings (SSSR count). The smallest absolute Gasteiger partial charge is 0.242 e. The number of halogens is 2. The Labute approximate surface area is 178 Å². The van der Waals surface area contributed by atoms with Crippen LogP contribution in [0.25, 0.3) is 11.3 Å². The molecular weight excluding hydrogens is 470 g/mol. The summed E-state index contributed by atoms with van der Waals surface area (Å²) in [6.45, 7) is 0. The molecule has 0 spiro atoms. The Balaban J connectivity index is 0.00000261. The SMILES string of the molecule is Br.CN(C)S(=O)(=O)c1ccc(Cl)c(-c2cs/c(=N/c3ccccc3)n2C)c1. The number of nitrogens with zero attached hydrogens (tertiary/aromatic N) is 3. The first-order valence-corrected chi connectivity index (χ1v) is 10.5. The standard InChI is InChI=1S/C18H18ClN3O2S2.BrH/c1-21(2)26(23,24)14-9-10-16(19)15(11-14)17-12-25-18(22(17)3)20-13-7-5-4-6-8-13;/h4-12H,1-3H3;1H/b20-18+;. The Hall–Kier alpha value is -1.45. The molecule has 0 bridgehead atoms. The van der Waals surface area contributed by atoms with Gasteiger partial charge >= 0.3 is 0 Å². The van der Waals surface area contributed by atoms with Crippen LogP contribution in [0.15, 0.2) is 63.8 Å². The maximum atomic E-state index is 12.4. The van der Waals surface area contributed by atoms with Gasteiger partial charge in [-0.05, 0) is 30.3 Å². The van der Waals surface area contributed by atoms with Gasteiger partial charge in [0.15, 0.2) is 4.80 Å². The summed E-state index contributed by atoms with van der Waals surface area (Å²) in [5.41, 5.74) is 2.32. The molecule has 0 aliphatic heterocycles. The third-order valence-electron chi connectivity index (χ3n) is 3.90. The molecule has 1 aromatic heterocycles. The molecule has 0 amide bonds. The fourth-order valence-corrected chi connectivity index (χ4v) is 4.46. The van der Waals surface area contributed by atoms with E-state index in [1.807, 2.05) is 47.3 Å². The van der Waals surface area contributed by atoms with E-state index in [1.54, 1.807) is 12.1 Å². The van der Waals surface area contributed by atoms with Crippen molar-refractivity contribution in [3.05, 3.63) is 63.7 Å². The molecule has 2 aromatic carbocycles. The number of rotatable bonds is 4. The molecule has 0 aliphatic carbocycles. The molecule has 0 saturated heterocycles. The van der Waals surface area contributed by atoms with E-state index in [4.69, 9.17) is 11.6 Å². The highest BCUT2D eigenvalue weighted by molar-refractivity contribution is 8.93. The first kappa shape index (κ1) is 21.8. The largest absolute Gasteiger partial charge is 0.319 e. The van der Waals surface area contributed by atoms with Crippen LogP contribution in [-0.4, -0.2) is 31.4 Å². The average Bonchev–Trinajstić information content (AvgIpc) is 2.96. The lowest BCUT2D eigenvalue weighted by Crippen LogP contribution is -2.22. The summed E-state index contributed by atoms with van der Waals surface area (Å²) in [6, 6.07) is 14.4. The molecule has 27 heavy (non-hydrogen) atoms. The topological polar surface area (TPSA) is 54.7 Å². The molecular formula is C18H19BrClN3O2S2. The van der Waals surface area contributed by atoms with Crippen LogP contribution in [0.4, 0.5) is 5.69 Å². The first-order chi connectivity index (χ1) is 12.3. The van der Waals surface area contributed by atoms with E-state index >= 15 is 0 Å². The Bertz CT molecular complexity index is 1110. The highest BCUT2D eigenvalue weighted by Gasteiger charge is 2.20. The second-order valence-electron chi connectivity index (χ2n) is 5.84. The van der Waals surface area contributed by atoms with Crippen LogP contribution in [0.3, 0.4) is 0 Å². The lowest BCUT2D eigenvalue weighted by Gasteiger charge is -2.13. The fraction of sp³-hybridized carbons (Fsp3) is 0.167. The third-order valence-corrected chi connectivity index (χ3v) is 6.96. The number of benzene rings is 2. The Kier molecular flexibility index (Phi) is 7.04. The lowest BCUT2D eigenvalue weighted by atomic mass is 10.2. The van der Waals surface area contributed by atoms with E-state index in [2.05, 4.69) is 4.99 Å². The van der Waals surface area contributed by atoms with E-state index in [0.717, 1.165) is 16.2 Å². The van der Waals surface area contributed by atoms with Crippen molar-refractivity contribution in [3.8, 4) is 11.3 Å². The normalized spacial score (nSPS) is 12.3. The van der Waals surface area contributed by atoms with Crippen molar-refractivity contribution >= 4 is 55.6 Å². The van der Waals surface area contributed by atoms with Crippen molar-refractivity contribution in [1.29, 1.82) is 0 Å². The van der Waals surface area contributed by atoms with Crippen molar-refractivity contribution in [2.24, 2.45) is 12.0 Å². The maximum Gasteiger partial charge on any atom is 0.242 e. The van der Waals surface area contributed by atoms with Gasteiger partial charge in [0.2, 0.25) is 10.0 Å². The predicted octanol–water partition coefficient (Wildman–Crippen LogP) is 4.47. The maximum absolute atomic E-state index is 12.4. The Morgan fingerprint density at radius 1 is 1.11 bits per heavy atom. The van der Waals surface area contributed by atoms with Gasteiger partial charge in [0.1, 0.15) is 0 Å². The Morgan fingerprint density at radius 3 is 2.41 bits per heavy atom. The van der Waals surface area contributed by atoms with Crippen LogP contribution in [0, 0.1) is 0 Å². The highest BCUT2D eigenvalue weighted by Crippen LogP contribution is 2.31. The molecule has 0 saturated carbocycles. The second-order valence-corrected chi connectivity index (χ2v) is 9.23. The fourth-order valence-electron chi connectivity index (χ4n) is 2.40. The molecule has 0 aliphatic rings. The summed E-state index contributed by atoms with van der Waals surface area (Å²) < 4.78 is 27.9. The van der Waals surface area contributed by atoms with Gasteiger partial charge in [-0.15, -0.1) is 28.3 Å². The minimum atomic E-state index is -3.53. The molecule has 0 atom stereocenters. The number of sulfonamides is 1. The van der Waals surface area contributed by atoms with Crippen molar-refractivity contribution in [1.82, 2.24) is 8.87 Å². The summed E-state index contributed by atoms with van der Waals surface area (Å²) in [5, 5.41) is 2.41. The van der Waals surface area contributed by atoms with E-state index in [-0.39, 0.29) is 21.9 Å². The van der Waals surface area contributed by atoms with Gasteiger partial charge in [0.25, 0.3) is 0 Å². The summed E-state index contributed by atoms with van der Waals surface area (Å²) in [7, 11) is 1.36. The van der Waals surface area contributed by atoms with Gasteiger partial charge in [-0.25, -0.2) is 17.7 Å². The third kappa shape index (κ3) is 4.52. The number of thiazole rings is 1. The molecule has 5 nitrogen and oxygen atoms in total. The molecule has 3 aromatic rings. The quantitative estimate of drug-likeness (QED) is 0.544. The molecule has 1 heterocycles. The van der Waals surface area contributed by atoms with Crippen LogP contribution >= 0.6 is 39.9 Å². The molecule has 0 radical (unpaired) electrons. The van der Waals surface area contributed by atoms with Crippen LogP contribution in [0.1, 0.15) is 0 Å². The van der Waals surface area contributed by atoms with Gasteiger partial charge in [0.05, 0.1) is 16.3 Å². The van der Waals surface area contributed by atoms with Gasteiger partial charge < -0.3 is 4.57 Å². The second kappa shape index (κ2) is 8.70. The number of para-hydroxylation sites is 1. The van der Waals surface area contributed by atoms with Crippen molar-refractivity contribution in [2.75, 3.05) is 14.1 Å². The minimum absolute atomic E-state index is 0. The lowest BCUT2D eigenvalue weighted by molar-refractivity contribution is 0.521. The highest BCUT2D eigenvalue weighted by atomic mass is 79.9. The van der Waals surface area contributed by atoms with Gasteiger partial charge in [0, 0.05) is 37.1 Å². The first-order valence-electron chi connectivity index (χ1n) is 7.77. The van der Waals surface area contributed by atoms with Crippen molar-refractivity contribution < 1.29 is 8.42 Å². The van der Waals surface area contributed by atoms with E-state index in [0.29, 0.717) is 10.6 Å². The molecule has 0 fully saturated rings. The van der Waals surface area contributed by atoms with E-state index in [9.17, 15) is 8.42 Å². The van der Waals surface area contributed by atoms with Crippen LogP contribution in [-0.2, 0) is 17.1 Å². The predicted molar refractivity (Wildman–Crippen MR) is 117 cm³/mol. The summed E-state index contributed by atoms with van der Waals surface area (Å²) in [5.74, 6) is 0. The summed E-state index contributed by atoms with van der Waals surface area (Å²) in [6.07, 6.45) is 0. The molecule has 0 N–H and O–H groups in total. The number of aromatic nitrogens is 1. The monoisotopic (exact) mass is 487 g/mol. The van der Waals surface area contributed by atoms with Crippen LogP contribution in [0.2, 0.25) is 5.02 Å². The zero-order valence-corrected chi connectivity index (χ0v) is 19.1. The minimum Gasteiger partial charge on any atom is -0.319 e. The molecule has 9 heteroatoms. The van der Waals surface area contributed by atoms with Crippen LogP contribution in [0.5, 0.6) is 0 Å². The van der Waals surface area contributed by atoms with Gasteiger partial charge in [-0.3, -0.25) is 0 Å². The van der Waals surface area contributed by atoms with Crippen LogP contribution < -0.4 is 4.80 Å². The van der Waals surface area contributed by atoms with Gasteiger partial charge in [-0.2, -0.15) is 0 Å². The average molecular weight is 489 g/mol. The van der Waals surface area contributed by atoms with Crippen molar-refractivity contribution in [3.63, 3.8) is 0 Å². The number of hydrogen-bond donors (Lipinski definition) is 0. The van der Waals surface area contributed by atoms with Crippen molar-refractivity contribution in [2.45, 2.75) is 4.90 Å².